The van der Waals surface area contributed by atoms with Gasteiger partial charge in [-0.2, -0.15) is 0 Å². The fraction of sp³-hybridized carbons (Fsp3) is 0.350. The first-order valence-electron chi connectivity index (χ1n) is 8.99. The first-order chi connectivity index (χ1) is 12.6. The van der Waals surface area contributed by atoms with Gasteiger partial charge in [0.05, 0.1) is 11.8 Å². The van der Waals surface area contributed by atoms with Crippen LogP contribution >= 0.6 is 11.3 Å². The Balaban J connectivity index is 1.64. The molecule has 1 fully saturated rings. The monoisotopic (exact) mass is 367 g/mol. The summed E-state index contributed by atoms with van der Waals surface area (Å²) in [7, 11) is 0. The second-order valence-electron chi connectivity index (χ2n) is 6.84. The van der Waals surface area contributed by atoms with E-state index < -0.39 is 0 Å². The Hall–Kier alpha value is -2.47. The molecule has 2 aromatic heterocycles. The van der Waals surface area contributed by atoms with Gasteiger partial charge in [-0.3, -0.25) is 9.59 Å². The third-order valence-electron chi connectivity index (χ3n) is 4.93. The lowest BCUT2D eigenvalue weighted by molar-refractivity contribution is -0.121. The third kappa shape index (κ3) is 3.29. The van der Waals surface area contributed by atoms with E-state index in [9.17, 15) is 9.59 Å². The van der Waals surface area contributed by atoms with E-state index in [-0.39, 0.29) is 23.9 Å². The van der Waals surface area contributed by atoms with E-state index in [2.05, 4.69) is 15.3 Å². The van der Waals surface area contributed by atoms with Crippen LogP contribution < -0.4 is 10.9 Å². The smallest absolute Gasteiger partial charge is 0.259 e. The number of amides is 1. The van der Waals surface area contributed by atoms with Crippen molar-refractivity contribution in [2.24, 2.45) is 0 Å². The molecule has 1 aliphatic carbocycles. The predicted octanol–water partition coefficient (Wildman–Crippen LogP) is 3.56. The van der Waals surface area contributed by atoms with Gasteiger partial charge in [0.15, 0.2) is 0 Å². The molecule has 0 radical (unpaired) electrons. The van der Waals surface area contributed by atoms with E-state index >= 15 is 0 Å². The molecule has 2 N–H and O–H groups in total. The summed E-state index contributed by atoms with van der Waals surface area (Å²) in [5, 5.41) is 3.66. The van der Waals surface area contributed by atoms with Crippen molar-refractivity contribution in [1.82, 2.24) is 15.3 Å². The van der Waals surface area contributed by atoms with E-state index in [1.807, 2.05) is 37.3 Å². The number of aromatic amines is 1. The minimum Gasteiger partial charge on any atom is -0.353 e. The molecule has 0 atom stereocenters. The van der Waals surface area contributed by atoms with Crippen molar-refractivity contribution in [2.75, 3.05) is 0 Å². The molecule has 2 heterocycles. The lowest BCUT2D eigenvalue weighted by Gasteiger charge is -2.11. The minimum absolute atomic E-state index is 0.0732. The Labute approximate surface area is 155 Å². The van der Waals surface area contributed by atoms with E-state index in [1.165, 1.54) is 24.2 Å². The molecule has 1 saturated carbocycles. The molecule has 0 spiro atoms. The molecule has 26 heavy (non-hydrogen) atoms. The standard InChI is InChI=1S/C20H21N3O2S/c1-12-17-19(25)22-15(11-16(24)21-14-9-5-6-10-14)23-20(17)26-18(12)13-7-3-2-4-8-13/h2-4,7-8,14H,5-6,9-11H2,1H3,(H,21,24)(H,22,23,25). The van der Waals surface area contributed by atoms with Gasteiger partial charge in [0.2, 0.25) is 5.91 Å². The Morgan fingerprint density at radius 1 is 1.27 bits per heavy atom. The number of hydrogen-bond donors (Lipinski definition) is 2. The van der Waals surface area contributed by atoms with E-state index in [4.69, 9.17) is 0 Å². The molecule has 5 nitrogen and oxygen atoms in total. The van der Waals surface area contributed by atoms with E-state index in [0.717, 1.165) is 28.8 Å². The van der Waals surface area contributed by atoms with E-state index in [0.29, 0.717) is 16.0 Å². The zero-order chi connectivity index (χ0) is 18.1. The van der Waals surface area contributed by atoms with Gasteiger partial charge >= 0.3 is 0 Å². The SMILES string of the molecule is Cc1c(-c2ccccc2)sc2nc(CC(=O)NC3CCCC3)[nH]c(=O)c12. The Bertz CT molecular complexity index is 1000. The molecule has 0 aliphatic heterocycles. The summed E-state index contributed by atoms with van der Waals surface area (Å²) < 4.78 is 0. The first-order valence-corrected chi connectivity index (χ1v) is 9.80. The van der Waals surface area contributed by atoms with Crippen LogP contribution in [-0.4, -0.2) is 21.9 Å². The molecule has 6 heteroatoms. The molecule has 4 rings (SSSR count). The van der Waals surface area contributed by atoms with E-state index in [1.54, 1.807) is 0 Å². The number of nitrogens with zero attached hydrogens (tertiary/aromatic N) is 1. The van der Waals surface area contributed by atoms with Crippen LogP contribution in [-0.2, 0) is 11.2 Å². The fourth-order valence-electron chi connectivity index (χ4n) is 3.64. The van der Waals surface area contributed by atoms with Crippen molar-refractivity contribution in [3.05, 3.63) is 52.1 Å². The van der Waals surface area contributed by atoms with Crippen molar-refractivity contribution < 1.29 is 4.79 Å². The number of aromatic nitrogens is 2. The van der Waals surface area contributed by atoms with Gasteiger partial charge < -0.3 is 10.3 Å². The summed E-state index contributed by atoms with van der Waals surface area (Å²) in [6.45, 7) is 1.95. The average Bonchev–Trinajstić information content (AvgIpc) is 3.23. The zero-order valence-electron chi connectivity index (χ0n) is 14.7. The Morgan fingerprint density at radius 3 is 2.73 bits per heavy atom. The van der Waals surface area contributed by atoms with Crippen molar-refractivity contribution in [3.8, 4) is 10.4 Å². The number of nitrogens with one attached hydrogen (secondary N) is 2. The van der Waals surface area contributed by atoms with Gasteiger partial charge in [-0.05, 0) is 30.9 Å². The van der Waals surface area contributed by atoms with Crippen molar-refractivity contribution in [2.45, 2.75) is 45.1 Å². The largest absolute Gasteiger partial charge is 0.353 e. The summed E-state index contributed by atoms with van der Waals surface area (Å²) in [5.41, 5.74) is 1.84. The first kappa shape index (κ1) is 17.0. The summed E-state index contributed by atoms with van der Waals surface area (Å²) in [6.07, 6.45) is 4.53. The number of aryl methyl sites for hydroxylation is 1. The number of H-pyrrole nitrogens is 1. The minimum atomic E-state index is -0.172. The topological polar surface area (TPSA) is 74.8 Å². The number of thiophene rings is 1. The maximum absolute atomic E-state index is 12.6. The normalized spacial score (nSPS) is 14.8. The molecule has 1 aromatic carbocycles. The van der Waals surface area contributed by atoms with Crippen LogP contribution in [0.4, 0.5) is 0 Å². The molecule has 1 aliphatic rings. The second-order valence-corrected chi connectivity index (χ2v) is 7.84. The summed E-state index contributed by atoms with van der Waals surface area (Å²) >= 11 is 1.50. The van der Waals surface area contributed by atoms with Crippen molar-refractivity contribution >= 4 is 27.5 Å². The average molecular weight is 367 g/mol. The molecule has 0 bridgehead atoms. The fourth-order valence-corrected chi connectivity index (χ4v) is 4.84. The van der Waals surface area contributed by atoms with Gasteiger partial charge in [0.25, 0.3) is 5.56 Å². The van der Waals surface area contributed by atoms with Gasteiger partial charge in [-0.25, -0.2) is 4.98 Å². The molecule has 0 unspecified atom stereocenters. The highest BCUT2D eigenvalue weighted by atomic mass is 32.1. The van der Waals surface area contributed by atoms with Gasteiger partial charge in [0, 0.05) is 10.9 Å². The van der Waals surface area contributed by atoms with Gasteiger partial charge in [0.1, 0.15) is 10.7 Å². The number of benzene rings is 1. The highest BCUT2D eigenvalue weighted by Gasteiger charge is 2.19. The van der Waals surface area contributed by atoms with Crippen molar-refractivity contribution in [1.29, 1.82) is 0 Å². The second kappa shape index (κ2) is 7.03. The molecular formula is C20H21N3O2S. The Morgan fingerprint density at radius 2 is 2.00 bits per heavy atom. The van der Waals surface area contributed by atoms with Gasteiger partial charge in [-0.15, -0.1) is 11.3 Å². The quantitative estimate of drug-likeness (QED) is 0.740. The maximum atomic E-state index is 12.6. The van der Waals surface area contributed by atoms with Crippen LogP contribution in [0.25, 0.3) is 20.7 Å². The lowest BCUT2D eigenvalue weighted by Crippen LogP contribution is -2.34. The lowest BCUT2D eigenvalue weighted by atomic mass is 10.1. The predicted molar refractivity (Wildman–Crippen MR) is 105 cm³/mol. The number of carbonyl (C=O) groups excluding carboxylic acids is 1. The summed E-state index contributed by atoms with van der Waals surface area (Å²) in [4.78, 5) is 33.9. The summed E-state index contributed by atoms with van der Waals surface area (Å²) in [5.74, 6) is 0.356. The third-order valence-corrected chi connectivity index (χ3v) is 6.17. The van der Waals surface area contributed by atoms with Crippen LogP contribution in [0.3, 0.4) is 0 Å². The molecular weight excluding hydrogens is 346 g/mol. The van der Waals surface area contributed by atoms with Crippen LogP contribution in [0, 0.1) is 6.92 Å². The number of carbonyl (C=O) groups is 1. The highest BCUT2D eigenvalue weighted by molar-refractivity contribution is 7.22. The maximum Gasteiger partial charge on any atom is 0.259 e. The van der Waals surface area contributed by atoms with Gasteiger partial charge in [-0.1, -0.05) is 43.2 Å². The molecule has 3 aromatic rings. The van der Waals surface area contributed by atoms with Crippen LogP contribution in [0.2, 0.25) is 0 Å². The van der Waals surface area contributed by atoms with Crippen LogP contribution in [0.1, 0.15) is 37.1 Å². The zero-order valence-corrected chi connectivity index (χ0v) is 15.5. The Kier molecular flexibility index (Phi) is 4.59. The molecule has 0 saturated heterocycles. The number of fused-ring (bicyclic) bond motifs is 1. The number of hydrogen-bond acceptors (Lipinski definition) is 4. The molecule has 134 valence electrons. The summed E-state index contributed by atoms with van der Waals surface area (Å²) in [6, 6.07) is 10.3. The van der Waals surface area contributed by atoms with Crippen LogP contribution in [0.15, 0.2) is 35.1 Å². The number of rotatable bonds is 4. The van der Waals surface area contributed by atoms with Crippen molar-refractivity contribution in [3.63, 3.8) is 0 Å². The molecule has 1 amide bonds. The highest BCUT2D eigenvalue weighted by Crippen LogP contribution is 2.35. The van der Waals surface area contributed by atoms with Crippen LogP contribution in [0.5, 0.6) is 0 Å².